The Morgan fingerprint density at radius 3 is 0.933 bits per heavy atom. The van der Waals surface area contributed by atoms with Gasteiger partial charge in [0.15, 0.2) is 0 Å². The maximum atomic E-state index is 7.10. The zero-order valence-electron chi connectivity index (χ0n) is 32.8. The van der Waals surface area contributed by atoms with Crippen molar-refractivity contribution < 1.29 is 18.3 Å². The van der Waals surface area contributed by atoms with Gasteiger partial charge in [-0.1, -0.05) is 192 Å². The Morgan fingerprint density at radius 2 is 0.600 bits per heavy atom. The minimum atomic E-state index is -1.72. The van der Waals surface area contributed by atoms with E-state index in [1.54, 1.807) is 0 Å². The van der Waals surface area contributed by atoms with Crippen molar-refractivity contribution in [3.8, 4) is 44.9 Å². The van der Waals surface area contributed by atoms with Gasteiger partial charge >= 0.3 is 13.0 Å². The first-order valence-electron chi connectivity index (χ1n) is 20.8. The molecular weight excluding hydrogens is 730 g/mol. The van der Waals surface area contributed by atoms with Crippen molar-refractivity contribution in [1.29, 1.82) is 0 Å². The number of rotatable bonds is 7. The van der Waals surface area contributed by atoms with Gasteiger partial charge in [0.05, 0.1) is 10.8 Å². The molecule has 0 N–H and O–H groups in total. The monoisotopic (exact) mass is 768 g/mol. The van der Waals surface area contributed by atoms with E-state index < -0.39 is 13.0 Å². The Morgan fingerprint density at radius 1 is 0.283 bits per heavy atom. The number of hydrogen-bond acceptors (Lipinski definition) is 2. The van der Waals surface area contributed by atoms with E-state index in [1.165, 1.54) is 44.2 Å². The lowest BCUT2D eigenvalue weighted by atomic mass is 9.41. The van der Waals surface area contributed by atoms with E-state index in [2.05, 4.69) is 240 Å². The summed E-state index contributed by atoms with van der Waals surface area (Å²) in [6.07, 6.45) is 4.35. The molecule has 0 saturated heterocycles. The number of pyridine rings is 2. The quantitative estimate of drug-likeness (QED) is 0.152. The summed E-state index contributed by atoms with van der Waals surface area (Å²) in [7, 11) is 0. The van der Waals surface area contributed by atoms with Crippen LogP contribution in [0.5, 0.6) is 11.5 Å². The van der Waals surface area contributed by atoms with Crippen molar-refractivity contribution in [2.75, 3.05) is 0 Å². The maximum absolute atomic E-state index is 7.10. The number of aromatic nitrogens is 2. The molecule has 0 fully saturated rings. The summed E-state index contributed by atoms with van der Waals surface area (Å²) in [6, 6.07) is 77.9. The fourth-order valence-corrected chi connectivity index (χ4v) is 10.3. The van der Waals surface area contributed by atoms with Crippen molar-refractivity contribution >= 4 is 56.6 Å². The Balaban J connectivity index is 0.887. The zero-order valence-corrected chi connectivity index (χ0v) is 32.8. The van der Waals surface area contributed by atoms with Crippen LogP contribution in [0.2, 0.25) is 0 Å². The van der Waals surface area contributed by atoms with Crippen LogP contribution < -0.4 is 40.1 Å². The first-order valence-corrected chi connectivity index (χ1v) is 20.8. The molecule has 8 aromatic carbocycles. The molecule has 10 aromatic rings. The lowest BCUT2D eigenvalue weighted by molar-refractivity contribution is -0.515. The molecule has 0 unspecified atom stereocenters. The summed E-state index contributed by atoms with van der Waals surface area (Å²) in [5.41, 5.74) is 13.8. The average Bonchev–Trinajstić information content (AvgIpc) is 3.87. The summed E-state index contributed by atoms with van der Waals surface area (Å²) in [5.74, 6) is 1.80. The normalized spacial score (nSPS) is 14.2. The van der Waals surface area contributed by atoms with E-state index in [0.717, 1.165) is 44.4 Å². The Bertz CT molecular complexity index is 2940. The van der Waals surface area contributed by atoms with Gasteiger partial charge in [-0.15, -0.1) is 0 Å². The molecule has 2 aliphatic rings. The summed E-state index contributed by atoms with van der Waals surface area (Å²) in [4.78, 5) is 0. The standard InChI is InChI=1S/C54H38B2N2O2/c1-5-15-43(16-6-1)55(44-17-7-2-8-18-44)57-37-13-23-49-47(33-35-51(59-55)53(49)57)41-29-25-39(26-30-41)40-27-31-42(32-28-40)48-34-36-52-54-50(48)24-14-38-58(54)56(60-52,45-19-9-3-10-20-45)46-21-11-4-12-22-46/h1-38H. The van der Waals surface area contributed by atoms with E-state index in [4.69, 9.17) is 9.31 Å². The Hall–Kier alpha value is -7.69. The third-order valence-electron chi connectivity index (χ3n) is 13.0. The van der Waals surface area contributed by atoms with Gasteiger partial charge in [0.2, 0.25) is 11.0 Å². The van der Waals surface area contributed by atoms with E-state index in [1.807, 2.05) is 0 Å². The predicted octanol–water partition coefficient (Wildman–Crippen LogP) is 8.56. The summed E-state index contributed by atoms with van der Waals surface area (Å²) < 4.78 is 18.9. The fraction of sp³-hybridized carbons (Fsp3) is 0. The van der Waals surface area contributed by atoms with Gasteiger partial charge in [-0.3, -0.25) is 0 Å². The molecule has 282 valence electrons. The third kappa shape index (κ3) is 5.01. The smallest absolute Gasteiger partial charge is 0.513 e. The molecule has 60 heavy (non-hydrogen) atoms. The highest BCUT2D eigenvalue weighted by Crippen LogP contribution is 2.39. The average molecular weight is 769 g/mol. The van der Waals surface area contributed by atoms with Gasteiger partial charge in [0.1, 0.15) is 23.9 Å². The molecule has 2 aliphatic heterocycles. The first kappa shape index (κ1) is 34.4. The van der Waals surface area contributed by atoms with Crippen molar-refractivity contribution in [2.45, 2.75) is 0 Å². The lowest BCUT2D eigenvalue weighted by Crippen LogP contribution is -2.80. The van der Waals surface area contributed by atoms with Gasteiger partial charge in [-0.25, -0.2) is 0 Å². The van der Waals surface area contributed by atoms with Crippen LogP contribution in [-0.4, -0.2) is 13.0 Å². The second-order valence-electron chi connectivity index (χ2n) is 16.1. The molecule has 0 bridgehead atoms. The van der Waals surface area contributed by atoms with E-state index in [-0.39, 0.29) is 0 Å². The minimum absolute atomic E-state index is 0.901. The molecule has 0 spiro atoms. The van der Waals surface area contributed by atoms with Gasteiger partial charge in [-0.2, -0.15) is 0 Å². The zero-order chi connectivity index (χ0) is 39.7. The summed E-state index contributed by atoms with van der Waals surface area (Å²) in [5, 5.41) is 2.34. The van der Waals surface area contributed by atoms with Gasteiger partial charge in [0.25, 0.3) is 0 Å². The topological polar surface area (TPSA) is 26.2 Å². The molecular formula is C54H38B2N2O2. The van der Waals surface area contributed by atoms with Crippen molar-refractivity contribution in [3.63, 3.8) is 0 Å². The van der Waals surface area contributed by atoms with E-state index >= 15 is 0 Å². The number of hydrogen-bond donors (Lipinski definition) is 0. The highest BCUT2D eigenvalue weighted by molar-refractivity contribution is 6.92. The van der Waals surface area contributed by atoms with Crippen LogP contribution in [0.3, 0.4) is 0 Å². The van der Waals surface area contributed by atoms with Gasteiger partial charge in [0, 0.05) is 0 Å². The third-order valence-corrected chi connectivity index (χ3v) is 13.0. The summed E-state index contributed by atoms with van der Waals surface area (Å²) in [6.45, 7) is -3.45. The second-order valence-corrected chi connectivity index (χ2v) is 16.1. The van der Waals surface area contributed by atoms with Crippen LogP contribution in [0, 0.1) is 0 Å². The lowest BCUT2D eigenvalue weighted by Gasteiger charge is -2.31. The predicted molar refractivity (Wildman–Crippen MR) is 246 cm³/mol. The molecule has 2 aromatic heterocycles. The van der Waals surface area contributed by atoms with Crippen LogP contribution in [0.15, 0.2) is 231 Å². The molecule has 0 atom stereocenters. The molecule has 0 radical (unpaired) electrons. The molecule has 0 aliphatic carbocycles. The summed E-state index contributed by atoms with van der Waals surface area (Å²) >= 11 is 0. The Kier molecular flexibility index (Phi) is 7.69. The Labute approximate surface area is 349 Å². The molecule has 4 nitrogen and oxygen atoms in total. The van der Waals surface area contributed by atoms with Crippen molar-refractivity contribution in [2.24, 2.45) is 0 Å². The molecule has 12 rings (SSSR count). The molecule has 6 heteroatoms. The van der Waals surface area contributed by atoms with Crippen LogP contribution in [0.4, 0.5) is 0 Å². The molecule has 4 heterocycles. The van der Waals surface area contributed by atoms with Crippen LogP contribution in [0.1, 0.15) is 0 Å². The van der Waals surface area contributed by atoms with Crippen LogP contribution in [-0.2, 0) is 0 Å². The molecule has 0 amide bonds. The largest absolute Gasteiger partial charge is 0.647 e. The van der Waals surface area contributed by atoms with Crippen LogP contribution >= 0.6 is 0 Å². The highest BCUT2D eigenvalue weighted by atomic mass is 16.5. The maximum Gasteiger partial charge on any atom is 0.513 e. The van der Waals surface area contributed by atoms with Crippen LogP contribution in [0.25, 0.3) is 55.2 Å². The van der Waals surface area contributed by atoms with Crippen molar-refractivity contribution in [3.05, 3.63) is 231 Å². The SMILES string of the molecule is c1ccc([B-]2(c3ccccc3)Oc3ccc(-c4ccc(-c5ccc(-c6ccc7c8c6ccc[n+]8[B-](c6ccccc6)(c6ccccc6)O7)cc5)cc4)c4ccc[n+]2c34)cc1. The number of nitrogens with zero attached hydrogens (tertiary/aromatic N) is 2. The second kappa shape index (κ2) is 13.4. The minimum Gasteiger partial charge on any atom is -0.647 e. The molecule has 0 saturated carbocycles. The number of benzene rings is 8. The van der Waals surface area contributed by atoms with E-state index in [0.29, 0.717) is 0 Å². The highest BCUT2D eigenvalue weighted by Gasteiger charge is 2.51. The van der Waals surface area contributed by atoms with Crippen molar-refractivity contribution in [1.82, 2.24) is 0 Å². The van der Waals surface area contributed by atoms with Gasteiger partial charge in [-0.05, 0) is 81.9 Å². The van der Waals surface area contributed by atoms with E-state index in [9.17, 15) is 0 Å². The fourth-order valence-electron chi connectivity index (χ4n) is 10.3. The van der Waals surface area contributed by atoms with Gasteiger partial charge < -0.3 is 18.3 Å². The first-order chi connectivity index (χ1) is 29.7.